The molecule has 0 fully saturated rings. The maximum atomic E-state index is 11.4. The van der Waals surface area contributed by atoms with Gasteiger partial charge in [-0.05, 0) is 16.3 Å². The van der Waals surface area contributed by atoms with Gasteiger partial charge in [-0.15, -0.1) is 0 Å². The van der Waals surface area contributed by atoms with Crippen molar-refractivity contribution in [1.29, 1.82) is 0 Å². The van der Waals surface area contributed by atoms with Crippen molar-refractivity contribution in [2.45, 2.75) is 0 Å². The van der Waals surface area contributed by atoms with E-state index in [1.165, 1.54) is 7.11 Å². The average Bonchev–Trinajstić information content (AvgIpc) is 2.29. The van der Waals surface area contributed by atoms with E-state index in [2.05, 4.69) is 10.7 Å². The standard InChI is InChI=1S/C12H11O3P/c1-15-16(13,14)9-11-7-4-6-10-5-2-3-8-12(10)11/h2-8H,1H3,(H,13,14). The highest BCUT2D eigenvalue weighted by Crippen LogP contribution is 2.47. The summed E-state index contributed by atoms with van der Waals surface area (Å²) < 4.78 is 15.9. The van der Waals surface area contributed by atoms with Crippen molar-refractivity contribution in [3.63, 3.8) is 0 Å². The summed E-state index contributed by atoms with van der Waals surface area (Å²) >= 11 is 0. The van der Waals surface area contributed by atoms with Gasteiger partial charge in [0.25, 0.3) is 0 Å². The third-order valence-corrected chi connectivity index (χ3v) is 3.32. The molecule has 0 heterocycles. The van der Waals surface area contributed by atoms with Crippen LogP contribution in [0.25, 0.3) is 10.8 Å². The summed E-state index contributed by atoms with van der Waals surface area (Å²) in [6.07, 6.45) is 2.50. The van der Waals surface area contributed by atoms with Crippen molar-refractivity contribution in [3.8, 4) is 0 Å². The Bertz CT molecular complexity index is 545. The van der Waals surface area contributed by atoms with Crippen LogP contribution in [0.1, 0.15) is 5.56 Å². The molecule has 0 saturated heterocycles. The van der Waals surface area contributed by atoms with Crippen molar-refractivity contribution in [1.82, 2.24) is 0 Å². The highest BCUT2D eigenvalue weighted by Gasteiger charge is 2.20. The largest absolute Gasteiger partial charge is 0.341 e. The molecule has 2 rings (SSSR count). The average molecular weight is 234 g/mol. The van der Waals surface area contributed by atoms with Gasteiger partial charge in [0.05, 0.1) is 0 Å². The van der Waals surface area contributed by atoms with Gasteiger partial charge in [0.15, 0.2) is 0 Å². The fraction of sp³-hybridized carbons (Fsp3) is 0.0833. The van der Waals surface area contributed by atoms with Crippen LogP contribution in [0.3, 0.4) is 0 Å². The second kappa shape index (κ2) is 4.38. The molecule has 2 aromatic rings. The predicted octanol–water partition coefficient (Wildman–Crippen LogP) is 3.06. The molecule has 2 radical (unpaired) electrons. The Kier molecular flexibility index (Phi) is 3.10. The van der Waals surface area contributed by atoms with Crippen molar-refractivity contribution in [3.05, 3.63) is 54.2 Å². The first-order chi connectivity index (χ1) is 7.62. The Morgan fingerprint density at radius 3 is 2.62 bits per heavy atom. The Hall–Kier alpha value is -1.15. The third kappa shape index (κ3) is 2.33. The molecule has 0 aromatic heterocycles. The molecule has 82 valence electrons. The fourth-order valence-corrected chi connectivity index (χ4v) is 2.11. The van der Waals surface area contributed by atoms with Crippen molar-refractivity contribution in [2.75, 3.05) is 7.11 Å². The van der Waals surface area contributed by atoms with Crippen LogP contribution in [0.4, 0.5) is 0 Å². The van der Waals surface area contributed by atoms with E-state index in [9.17, 15) is 9.46 Å². The first kappa shape index (κ1) is 11.3. The van der Waals surface area contributed by atoms with Crippen LogP contribution in [-0.2, 0) is 9.09 Å². The van der Waals surface area contributed by atoms with Gasteiger partial charge in [-0.25, -0.2) is 0 Å². The topological polar surface area (TPSA) is 46.5 Å². The minimum atomic E-state index is -3.75. The molecule has 0 saturated carbocycles. The first-order valence-corrected chi connectivity index (χ1v) is 6.35. The van der Waals surface area contributed by atoms with E-state index in [-0.39, 0.29) is 0 Å². The third-order valence-electron chi connectivity index (χ3n) is 2.30. The second-order valence-electron chi connectivity index (χ2n) is 3.34. The van der Waals surface area contributed by atoms with Gasteiger partial charge in [-0.2, -0.15) is 0 Å². The Morgan fingerprint density at radius 2 is 1.88 bits per heavy atom. The molecule has 0 aliphatic heterocycles. The molecule has 16 heavy (non-hydrogen) atoms. The lowest BCUT2D eigenvalue weighted by Crippen LogP contribution is -1.88. The van der Waals surface area contributed by atoms with E-state index in [4.69, 9.17) is 0 Å². The molecule has 0 amide bonds. The smallest absolute Gasteiger partial charge is 0.324 e. The molecule has 4 heteroatoms. The second-order valence-corrected chi connectivity index (χ2v) is 4.97. The number of fused-ring (bicyclic) bond motifs is 1. The van der Waals surface area contributed by atoms with E-state index in [1.54, 1.807) is 6.07 Å². The van der Waals surface area contributed by atoms with Gasteiger partial charge in [-0.1, -0.05) is 42.5 Å². The van der Waals surface area contributed by atoms with Crippen LogP contribution in [0.15, 0.2) is 42.5 Å². The van der Waals surface area contributed by atoms with Crippen LogP contribution in [0.5, 0.6) is 0 Å². The maximum Gasteiger partial charge on any atom is 0.341 e. The summed E-state index contributed by atoms with van der Waals surface area (Å²) in [7, 11) is -2.56. The molecule has 1 atom stereocenters. The summed E-state index contributed by atoms with van der Waals surface area (Å²) in [6.45, 7) is 0. The first-order valence-electron chi connectivity index (χ1n) is 4.77. The molecule has 0 spiro atoms. The molecule has 0 aliphatic carbocycles. The quantitative estimate of drug-likeness (QED) is 0.830. The molecule has 0 aliphatic rings. The number of hydrogen-bond acceptors (Lipinski definition) is 2. The van der Waals surface area contributed by atoms with Crippen molar-refractivity contribution >= 4 is 18.4 Å². The minimum Gasteiger partial charge on any atom is -0.324 e. The SMILES string of the molecule is COP(=O)(O)[C]c1cccc2ccccc12. The van der Waals surface area contributed by atoms with Gasteiger partial charge in [0.2, 0.25) is 0 Å². The van der Waals surface area contributed by atoms with Gasteiger partial charge in [-0.3, -0.25) is 4.57 Å². The molecule has 0 bridgehead atoms. The number of hydrogen-bond donors (Lipinski definition) is 1. The van der Waals surface area contributed by atoms with Gasteiger partial charge >= 0.3 is 7.60 Å². The van der Waals surface area contributed by atoms with Crippen LogP contribution in [-0.4, -0.2) is 12.0 Å². The molecule has 1 N–H and O–H groups in total. The molecular weight excluding hydrogens is 223 g/mol. The number of benzene rings is 2. The molecular formula is C12H11O3P. The molecule has 1 unspecified atom stereocenters. The van der Waals surface area contributed by atoms with Crippen LogP contribution < -0.4 is 0 Å². The molecule has 2 aromatic carbocycles. The lowest BCUT2D eigenvalue weighted by Gasteiger charge is -2.09. The van der Waals surface area contributed by atoms with Crippen LogP contribution in [0.2, 0.25) is 0 Å². The zero-order valence-electron chi connectivity index (χ0n) is 8.75. The van der Waals surface area contributed by atoms with Gasteiger partial charge in [0.1, 0.15) is 6.16 Å². The van der Waals surface area contributed by atoms with Gasteiger partial charge < -0.3 is 9.42 Å². The Labute approximate surface area is 94.2 Å². The van der Waals surface area contributed by atoms with Crippen LogP contribution >= 0.6 is 7.60 Å². The summed E-state index contributed by atoms with van der Waals surface area (Å²) in [4.78, 5) is 9.36. The maximum absolute atomic E-state index is 11.4. The minimum absolute atomic E-state index is 0.589. The Balaban J connectivity index is 2.49. The lowest BCUT2D eigenvalue weighted by molar-refractivity contribution is 0.323. The zero-order valence-corrected chi connectivity index (χ0v) is 9.65. The lowest BCUT2D eigenvalue weighted by atomic mass is 10.1. The summed E-state index contributed by atoms with van der Waals surface area (Å²) in [5, 5.41) is 1.89. The van der Waals surface area contributed by atoms with E-state index >= 15 is 0 Å². The van der Waals surface area contributed by atoms with E-state index < -0.39 is 7.60 Å². The fourth-order valence-electron chi connectivity index (χ4n) is 1.52. The predicted molar refractivity (Wildman–Crippen MR) is 63.1 cm³/mol. The van der Waals surface area contributed by atoms with E-state index in [0.717, 1.165) is 10.8 Å². The Morgan fingerprint density at radius 1 is 1.19 bits per heavy atom. The highest BCUT2D eigenvalue weighted by molar-refractivity contribution is 7.55. The summed E-state index contributed by atoms with van der Waals surface area (Å²) in [6, 6.07) is 13.1. The molecule has 3 nitrogen and oxygen atoms in total. The van der Waals surface area contributed by atoms with Crippen LogP contribution in [0, 0.1) is 6.16 Å². The number of rotatable bonds is 3. The van der Waals surface area contributed by atoms with Gasteiger partial charge in [0, 0.05) is 7.11 Å². The summed E-state index contributed by atoms with van der Waals surface area (Å²) in [5.74, 6) is 0. The van der Waals surface area contributed by atoms with Crippen molar-refractivity contribution in [2.24, 2.45) is 0 Å². The van der Waals surface area contributed by atoms with E-state index in [0.29, 0.717) is 5.56 Å². The highest BCUT2D eigenvalue weighted by atomic mass is 31.2. The monoisotopic (exact) mass is 234 g/mol. The normalized spacial score (nSPS) is 14.9. The van der Waals surface area contributed by atoms with E-state index in [1.807, 2.05) is 36.4 Å². The summed E-state index contributed by atoms with van der Waals surface area (Å²) in [5.41, 5.74) is 0.589. The van der Waals surface area contributed by atoms with Crippen molar-refractivity contribution < 1.29 is 14.0 Å². The zero-order chi connectivity index (χ0) is 11.6.